The predicted octanol–water partition coefficient (Wildman–Crippen LogP) is -0.757. The van der Waals surface area contributed by atoms with Crippen LogP contribution in [0.4, 0.5) is 0 Å². The molecule has 0 bridgehead atoms. The van der Waals surface area contributed by atoms with Crippen LogP contribution in [0.15, 0.2) is 15.8 Å². The van der Waals surface area contributed by atoms with E-state index in [1.54, 1.807) is 0 Å². The quantitative estimate of drug-likeness (QED) is 0.478. The normalized spacial score (nSPS) is 10.6. The molecule has 14 heavy (non-hydrogen) atoms. The molecular weight excluding hydrogens is 190 g/mol. The molecule has 72 valence electrons. The molecule has 0 amide bonds. The topological polar surface area (TPSA) is 119 Å². The highest BCUT2D eigenvalue weighted by Gasteiger charge is 2.13. The highest BCUT2D eigenvalue weighted by molar-refractivity contribution is 6.00. The van der Waals surface area contributed by atoms with Gasteiger partial charge in [-0.05, 0) is 0 Å². The minimum Gasteiger partial charge on any atom is -0.478 e. The van der Waals surface area contributed by atoms with Gasteiger partial charge in [-0.2, -0.15) is 0 Å². The lowest BCUT2D eigenvalue weighted by Gasteiger charge is -1.90. The van der Waals surface area contributed by atoms with Crippen molar-refractivity contribution in [3.8, 4) is 0 Å². The molecule has 7 nitrogen and oxygen atoms in total. The van der Waals surface area contributed by atoms with E-state index in [9.17, 15) is 14.4 Å². The minimum absolute atomic E-state index is 0.00579. The summed E-state index contributed by atoms with van der Waals surface area (Å²) in [5, 5.41) is 8.70. The summed E-state index contributed by atoms with van der Waals surface area (Å²) in [6.07, 6.45) is 1.15. The molecule has 0 saturated carbocycles. The van der Waals surface area contributed by atoms with E-state index >= 15 is 0 Å². The Morgan fingerprint density at radius 2 is 1.93 bits per heavy atom. The number of aromatic nitrogens is 3. The number of rotatable bonds is 1. The first kappa shape index (κ1) is 8.30. The smallest absolute Gasteiger partial charge is 0.339 e. The Bertz CT molecular complexity index is 618. The molecule has 0 fully saturated rings. The lowest BCUT2D eigenvalue weighted by molar-refractivity contribution is 0.0699. The molecule has 0 saturated heterocycles. The molecule has 4 N–H and O–H groups in total. The third-order valence-corrected chi connectivity index (χ3v) is 1.80. The van der Waals surface area contributed by atoms with Crippen molar-refractivity contribution in [3.05, 3.63) is 32.6 Å². The molecule has 2 aromatic heterocycles. The molecule has 0 radical (unpaired) electrons. The van der Waals surface area contributed by atoms with Gasteiger partial charge in [-0.3, -0.25) is 9.78 Å². The summed E-state index contributed by atoms with van der Waals surface area (Å²) in [6.45, 7) is 0. The van der Waals surface area contributed by atoms with E-state index in [2.05, 4.69) is 9.97 Å². The number of carbonyl (C=O) groups is 1. The van der Waals surface area contributed by atoms with Crippen molar-refractivity contribution in [1.29, 1.82) is 0 Å². The Hall–Kier alpha value is -2.31. The average molecular weight is 195 g/mol. The molecule has 0 spiro atoms. The fourth-order valence-electron chi connectivity index (χ4n) is 1.21. The largest absolute Gasteiger partial charge is 0.478 e. The number of hydrogen-bond acceptors (Lipinski definition) is 3. The van der Waals surface area contributed by atoms with E-state index in [0.717, 1.165) is 6.20 Å². The fourth-order valence-corrected chi connectivity index (χ4v) is 1.21. The molecule has 0 aliphatic heterocycles. The van der Waals surface area contributed by atoms with Gasteiger partial charge in [0.25, 0.3) is 5.56 Å². The van der Waals surface area contributed by atoms with Crippen LogP contribution in [0.1, 0.15) is 10.4 Å². The molecule has 2 heterocycles. The highest BCUT2D eigenvalue weighted by atomic mass is 16.4. The van der Waals surface area contributed by atoms with Gasteiger partial charge in [0.05, 0.1) is 5.52 Å². The van der Waals surface area contributed by atoms with Crippen molar-refractivity contribution < 1.29 is 9.90 Å². The number of aromatic carboxylic acids is 1. The summed E-state index contributed by atoms with van der Waals surface area (Å²) in [4.78, 5) is 39.3. The van der Waals surface area contributed by atoms with Crippen molar-refractivity contribution in [2.45, 2.75) is 0 Å². The van der Waals surface area contributed by atoms with Crippen LogP contribution in [-0.2, 0) is 0 Å². The Kier molecular flexibility index (Phi) is 1.53. The molecular formula is C7H5N3O4. The monoisotopic (exact) mass is 195 g/mol. The van der Waals surface area contributed by atoms with Crippen LogP contribution in [0.25, 0.3) is 11.0 Å². The Morgan fingerprint density at radius 3 is 2.57 bits per heavy atom. The second kappa shape index (κ2) is 2.59. The standard InChI is InChI=1S/C7H5N3O4/c11-5-4-3(9-7(14)10-5)2(1-8-4)6(12)13/h1,8H,(H,12,13)(H2,9,10,11,14). The Labute approximate surface area is 75.4 Å². The maximum absolute atomic E-state index is 11.1. The molecule has 0 unspecified atom stereocenters. The Morgan fingerprint density at radius 1 is 1.21 bits per heavy atom. The summed E-state index contributed by atoms with van der Waals surface area (Å²) >= 11 is 0. The van der Waals surface area contributed by atoms with E-state index < -0.39 is 17.2 Å². The number of carboxylic acid groups (broad SMARTS) is 1. The van der Waals surface area contributed by atoms with Crippen LogP contribution in [0.3, 0.4) is 0 Å². The second-order valence-electron chi connectivity index (χ2n) is 2.67. The van der Waals surface area contributed by atoms with Crippen molar-refractivity contribution in [1.82, 2.24) is 15.0 Å². The lowest BCUT2D eigenvalue weighted by atomic mass is 10.3. The number of carboxylic acids is 1. The van der Waals surface area contributed by atoms with Gasteiger partial charge in [-0.25, -0.2) is 9.59 Å². The predicted molar refractivity (Wildman–Crippen MR) is 46.5 cm³/mol. The van der Waals surface area contributed by atoms with Crippen LogP contribution < -0.4 is 11.2 Å². The third kappa shape index (κ3) is 1.03. The van der Waals surface area contributed by atoms with Gasteiger partial charge < -0.3 is 15.1 Å². The SMILES string of the molecule is O=C(O)c1c[nH]c2c(=O)[nH]c(=O)[nH]c12. The zero-order valence-electron chi connectivity index (χ0n) is 6.75. The third-order valence-electron chi connectivity index (χ3n) is 1.80. The lowest BCUT2D eigenvalue weighted by Crippen LogP contribution is -2.22. The van der Waals surface area contributed by atoms with Gasteiger partial charge >= 0.3 is 11.7 Å². The van der Waals surface area contributed by atoms with Gasteiger partial charge in [0.2, 0.25) is 0 Å². The molecule has 7 heteroatoms. The number of H-pyrrole nitrogens is 3. The van der Waals surface area contributed by atoms with E-state index in [1.165, 1.54) is 0 Å². The fraction of sp³-hybridized carbons (Fsp3) is 0. The van der Waals surface area contributed by atoms with Crippen LogP contribution in [0.2, 0.25) is 0 Å². The molecule has 0 aliphatic carbocycles. The average Bonchev–Trinajstić information content (AvgIpc) is 2.47. The number of aromatic amines is 3. The molecule has 0 aromatic carbocycles. The summed E-state index contributed by atoms with van der Waals surface area (Å²) in [7, 11) is 0. The van der Waals surface area contributed by atoms with Gasteiger partial charge in [-0.1, -0.05) is 0 Å². The number of hydrogen-bond donors (Lipinski definition) is 4. The summed E-state index contributed by atoms with van der Waals surface area (Å²) in [5.74, 6) is -1.21. The van der Waals surface area contributed by atoms with E-state index in [-0.39, 0.29) is 16.6 Å². The minimum atomic E-state index is -1.21. The zero-order chi connectivity index (χ0) is 10.3. The van der Waals surface area contributed by atoms with Crippen LogP contribution >= 0.6 is 0 Å². The maximum Gasteiger partial charge on any atom is 0.339 e. The molecule has 0 aliphatic rings. The summed E-state index contributed by atoms with van der Waals surface area (Å²) in [6, 6.07) is 0. The molecule has 2 rings (SSSR count). The van der Waals surface area contributed by atoms with Gasteiger partial charge in [0.1, 0.15) is 11.1 Å². The van der Waals surface area contributed by atoms with E-state index in [0.29, 0.717) is 0 Å². The first-order valence-corrected chi connectivity index (χ1v) is 3.66. The van der Waals surface area contributed by atoms with Crippen molar-refractivity contribution in [2.75, 3.05) is 0 Å². The maximum atomic E-state index is 11.1. The molecule has 2 aromatic rings. The van der Waals surface area contributed by atoms with E-state index in [1.807, 2.05) is 4.98 Å². The Balaban J connectivity index is 3.00. The van der Waals surface area contributed by atoms with Crippen LogP contribution in [0, 0.1) is 0 Å². The van der Waals surface area contributed by atoms with Gasteiger partial charge in [0, 0.05) is 6.20 Å². The summed E-state index contributed by atoms with van der Waals surface area (Å²) < 4.78 is 0. The van der Waals surface area contributed by atoms with Gasteiger partial charge in [0.15, 0.2) is 0 Å². The number of fused-ring (bicyclic) bond motifs is 1. The number of nitrogens with one attached hydrogen (secondary N) is 3. The van der Waals surface area contributed by atoms with Crippen LogP contribution in [0.5, 0.6) is 0 Å². The summed E-state index contributed by atoms with van der Waals surface area (Å²) in [5.41, 5.74) is -1.46. The van der Waals surface area contributed by atoms with Crippen molar-refractivity contribution in [2.24, 2.45) is 0 Å². The van der Waals surface area contributed by atoms with Crippen molar-refractivity contribution >= 4 is 17.0 Å². The van der Waals surface area contributed by atoms with Crippen LogP contribution in [-0.4, -0.2) is 26.0 Å². The van der Waals surface area contributed by atoms with E-state index in [4.69, 9.17) is 5.11 Å². The van der Waals surface area contributed by atoms with Crippen molar-refractivity contribution in [3.63, 3.8) is 0 Å². The first-order chi connectivity index (χ1) is 6.59. The second-order valence-corrected chi connectivity index (χ2v) is 2.67. The zero-order valence-corrected chi connectivity index (χ0v) is 6.75. The van der Waals surface area contributed by atoms with Gasteiger partial charge in [-0.15, -0.1) is 0 Å². The molecule has 0 atom stereocenters. The first-order valence-electron chi connectivity index (χ1n) is 3.66. The highest BCUT2D eigenvalue weighted by Crippen LogP contribution is 2.09.